The molecule has 1 heterocycles. The fourth-order valence-corrected chi connectivity index (χ4v) is 0.549. The van der Waals surface area contributed by atoms with Gasteiger partial charge < -0.3 is 11.1 Å². The minimum Gasteiger partial charge on any atom is -0.370 e. The van der Waals surface area contributed by atoms with Crippen molar-refractivity contribution in [3.8, 4) is 0 Å². The second-order valence-electron chi connectivity index (χ2n) is 1.71. The molecule has 0 aliphatic heterocycles. The molecule has 10 heavy (non-hydrogen) atoms. The summed E-state index contributed by atoms with van der Waals surface area (Å²) in [7, 11) is 0. The molecule has 0 aromatic carbocycles. The van der Waals surface area contributed by atoms with Crippen LogP contribution in [0, 0.1) is 11.6 Å². The Labute approximate surface area is 58.6 Å². The van der Waals surface area contributed by atoms with Gasteiger partial charge in [-0.25, -0.2) is 0 Å². The van der Waals surface area contributed by atoms with Gasteiger partial charge in [-0.05, 0) is 12.1 Å². The minimum atomic E-state index is -0.0898. The molecule has 1 radical (unpaired) electrons. The van der Waals surface area contributed by atoms with Gasteiger partial charge in [-0.15, -0.1) is 0 Å². The van der Waals surface area contributed by atoms with Crippen LogP contribution in [-0.2, 0) is 0 Å². The maximum atomic E-state index is 6.86. The lowest BCUT2D eigenvalue weighted by Crippen LogP contribution is -2.20. The highest BCUT2D eigenvalue weighted by Crippen LogP contribution is 1.99. The van der Waals surface area contributed by atoms with Crippen LogP contribution in [0.4, 0.5) is 5.69 Å². The molecule has 0 amide bonds. The molecule has 1 aromatic heterocycles. The lowest BCUT2D eigenvalue weighted by molar-refractivity contribution is 1.30. The molecular weight excluding hydrogens is 128 g/mol. The van der Waals surface area contributed by atoms with Gasteiger partial charge in [-0.1, -0.05) is 0 Å². The Hall–Kier alpha value is -1.58. The quantitative estimate of drug-likeness (QED) is 0.380. The molecular formula is C6H7N4. The van der Waals surface area contributed by atoms with E-state index in [4.69, 9.17) is 11.1 Å². The number of pyridine rings is 1. The fourth-order valence-electron chi connectivity index (χ4n) is 0.549. The zero-order chi connectivity index (χ0) is 7.40. The van der Waals surface area contributed by atoms with Crippen LogP contribution in [0.1, 0.15) is 0 Å². The summed E-state index contributed by atoms with van der Waals surface area (Å²) in [5.74, 6) is -0.0898. The summed E-state index contributed by atoms with van der Waals surface area (Å²) in [5, 5.41) is 9.44. The Balaban J connectivity index is 2.67. The predicted octanol–water partition coefficient (Wildman–Crippen LogP) is 0.187. The average Bonchev–Trinajstić information content (AvgIpc) is 1.88. The van der Waals surface area contributed by atoms with E-state index in [1.54, 1.807) is 18.3 Å². The van der Waals surface area contributed by atoms with Gasteiger partial charge in [-0.2, -0.15) is 0 Å². The number of nitrogens with one attached hydrogen (secondary N) is 2. The molecule has 0 saturated carbocycles. The molecule has 0 fully saturated rings. The molecule has 0 aliphatic rings. The van der Waals surface area contributed by atoms with Gasteiger partial charge in [0.1, 0.15) is 0 Å². The van der Waals surface area contributed by atoms with Crippen molar-refractivity contribution in [3.63, 3.8) is 0 Å². The monoisotopic (exact) mass is 135 g/mol. The third-order valence-corrected chi connectivity index (χ3v) is 0.895. The predicted molar refractivity (Wildman–Crippen MR) is 38.6 cm³/mol. The smallest absolute Gasteiger partial charge is 0.190 e. The Kier molecular flexibility index (Phi) is 1.84. The largest absolute Gasteiger partial charge is 0.370 e. The number of nitrogens with zero attached hydrogens (tertiary/aromatic N) is 1. The number of guanidine groups is 1. The van der Waals surface area contributed by atoms with Gasteiger partial charge >= 0.3 is 0 Å². The molecule has 0 saturated heterocycles. The molecule has 4 N–H and O–H groups in total. The highest BCUT2D eigenvalue weighted by molar-refractivity contribution is 5.89. The van der Waals surface area contributed by atoms with Crippen LogP contribution in [0.2, 0.25) is 0 Å². The lowest BCUT2D eigenvalue weighted by Gasteiger charge is -1.99. The molecule has 1 rings (SSSR count). The summed E-state index contributed by atoms with van der Waals surface area (Å²) in [6, 6.07) is 3.37. The molecule has 4 heteroatoms. The normalized spacial score (nSPS) is 8.80. The number of rotatable bonds is 1. The standard InChI is InChI=1S/C6H7N4/c7-6(8)10-5-2-1-3-9-4-5/h1-2,4H,(H4,7,8,10). The van der Waals surface area contributed by atoms with E-state index in [0.717, 1.165) is 0 Å². The first-order chi connectivity index (χ1) is 4.79. The van der Waals surface area contributed by atoms with Crippen LogP contribution in [0.15, 0.2) is 18.3 Å². The Bertz CT molecular complexity index is 218. The zero-order valence-electron chi connectivity index (χ0n) is 5.26. The van der Waals surface area contributed by atoms with Crippen LogP contribution in [0.25, 0.3) is 0 Å². The summed E-state index contributed by atoms with van der Waals surface area (Å²) in [5.41, 5.74) is 5.76. The third-order valence-electron chi connectivity index (χ3n) is 0.895. The van der Waals surface area contributed by atoms with Crippen LogP contribution < -0.4 is 11.1 Å². The topological polar surface area (TPSA) is 74.8 Å². The van der Waals surface area contributed by atoms with Crippen molar-refractivity contribution < 1.29 is 0 Å². The molecule has 0 unspecified atom stereocenters. The number of nitrogens with two attached hydrogens (primary N) is 1. The van der Waals surface area contributed by atoms with E-state index in [1.165, 1.54) is 0 Å². The van der Waals surface area contributed by atoms with Gasteiger partial charge in [0.15, 0.2) is 5.96 Å². The van der Waals surface area contributed by atoms with Crippen molar-refractivity contribution >= 4 is 11.6 Å². The number of aromatic nitrogens is 1. The summed E-state index contributed by atoms with van der Waals surface area (Å²) >= 11 is 0. The van der Waals surface area contributed by atoms with Gasteiger partial charge in [-0.3, -0.25) is 10.4 Å². The van der Waals surface area contributed by atoms with E-state index < -0.39 is 0 Å². The Morgan fingerprint density at radius 3 is 3.10 bits per heavy atom. The van der Waals surface area contributed by atoms with Crippen molar-refractivity contribution in [1.82, 2.24) is 4.98 Å². The molecule has 0 atom stereocenters. The molecule has 0 aliphatic carbocycles. The first-order valence-electron chi connectivity index (χ1n) is 2.72. The van der Waals surface area contributed by atoms with Gasteiger partial charge in [0.25, 0.3) is 0 Å². The molecule has 51 valence electrons. The zero-order valence-corrected chi connectivity index (χ0v) is 5.26. The lowest BCUT2D eigenvalue weighted by atomic mass is 10.4. The van der Waals surface area contributed by atoms with Crippen LogP contribution in [0.3, 0.4) is 0 Å². The third kappa shape index (κ3) is 1.74. The van der Waals surface area contributed by atoms with Crippen molar-refractivity contribution in [3.05, 3.63) is 24.5 Å². The van der Waals surface area contributed by atoms with E-state index in [1.807, 2.05) is 0 Å². The summed E-state index contributed by atoms with van der Waals surface area (Å²) in [4.78, 5) is 3.70. The van der Waals surface area contributed by atoms with Crippen LogP contribution in [-0.4, -0.2) is 10.9 Å². The highest BCUT2D eigenvalue weighted by Gasteiger charge is 1.88. The average molecular weight is 135 g/mol. The number of anilines is 1. The van der Waals surface area contributed by atoms with Crippen molar-refractivity contribution in [1.29, 1.82) is 5.41 Å². The van der Waals surface area contributed by atoms with E-state index in [9.17, 15) is 0 Å². The Morgan fingerprint density at radius 1 is 1.80 bits per heavy atom. The maximum Gasteiger partial charge on any atom is 0.190 e. The highest BCUT2D eigenvalue weighted by atomic mass is 15.0. The number of hydrogen-bond acceptors (Lipinski definition) is 2. The summed E-state index contributed by atoms with van der Waals surface area (Å²) < 4.78 is 0. The van der Waals surface area contributed by atoms with Gasteiger partial charge in [0, 0.05) is 0 Å². The summed E-state index contributed by atoms with van der Waals surface area (Å²) in [6.07, 6.45) is 4.15. The van der Waals surface area contributed by atoms with E-state index >= 15 is 0 Å². The van der Waals surface area contributed by atoms with Crippen molar-refractivity contribution in [2.45, 2.75) is 0 Å². The SMILES string of the molecule is N=C(N)Nc1cc[c]nc1. The minimum absolute atomic E-state index is 0.0898. The van der Waals surface area contributed by atoms with Crippen molar-refractivity contribution in [2.75, 3.05) is 5.32 Å². The van der Waals surface area contributed by atoms with Crippen molar-refractivity contribution in [2.24, 2.45) is 5.73 Å². The first kappa shape index (κ1) is 6.54. The van der Waals surface area contributed by atoms with Gasteiger partial charge in [0.2, 0.25) is 0 Å². The molecule has 0 bridgehead atoms. The van der Waals surface area contributed by atoms with E-state index in [0.29, 0.717) is 5.69 Å². The first-order valence-corrected chi connectivity index (χ1v) is 2.72. The molecule has 1 aromatic rings. The van der Waals surface area contributed by atoms with E-state index in [-0.39, 0.29) is 5.96 Å². The fraction of sp³-hybridized carbons (Fsp3) is 0. The summed E-state index contributed by atoms with van der Waals surface area (Å²) in [6.45, 7) is 0. The number of hydrogen-bond donors (Lipinski definition) is 3. The second-order valence-corrected chi connectivity index (χ2v) is 1.71. The van der Waals surface area contributed by atoms with Gasteiger partial charge in [0.05, 0.1) is 18.1 Å². The van der Waals surface area contributed by atoms with Crippen LogP contribution >= 0.6 is 0 Å². The van der Waals surface area contributed by atoms with Crippen LogP contribution in [0.5, 0.6) is 0 Å². The molecule has 4 nitrogen and oxygen atoms in total. The van der Waals surface area contributed by atoms with E-state index in [2.05, 4.69) is 16.5 Å². The second kappa shape index (κ2) is 2.82. The maximum absolute atomic E-state index is 6.86. The molecule has 0 spiro atoms. The Morgan fingerprint density at radius 2 is 2.60 bits per heavy atom.